The number of nitrogens with zero attached hydrogens (tertiary/aromatic N) is 3. The van der Waals surface area contributed by atoms with Crippen LogP contribution in [0, 0.1) is 12.8 Å². The van der Waals surface area contributed by atoms with E-state index in [1.807, 2.05) is 51.1 Å². The predicted molar refractivity (Wildman–Crippen MR) is 98.3 cm³/mol. The molecule has 0 radical (unpaired) electrons. The minimum absolute atomic E-state index is 0.000689. The number of carbonyl (C=O) groups excluding carboxylic acids is 1. The number of benzene rings is 1. The summed E-state index contributed by atoms with van der Waals surface area (Å²) in [6.07, 6.45) is 1.62. The molecule has 25 heavy (non-hydrogen) atoms. The van der Waals surface area contributed by atoms with Crippen molar-refractivity contribution < 1.29 is 9.32 Å². The molecule has 7 heteroatoms. The Balaban J connectivity index is 1.81. The Bertz CT molecular complexity index is 853. The average molecular weight is 356 g/mol. The van der Waals surface area contributed by atoms with Gasteiger partial charge < -0.3 is 9.84 Å². The largest absolute Gasteiger partial charge is 0.333 e. The monoisotopic (exact) mass is 356 g/mol. The van der Waals surface area contributed by atoms with Gasteiger partial charge in [-0.3, -0.25) is 4.79 Å². The molecule has 1 aromatic carbocycles. The van der Waals surface area contributed by atoms with Crippen molar-refractivity contribution in [3.63, 3.8) is 0 Å². The molecule has 130 valence electrons. The summed E-state index contributed by atoms with van der Waals surface area (Å²) in [5, 5.41) is 7.49. The van der Waals surface area contributed by atoms with Gasteiger partial charge in [0.1, 0.15) is 4.88 Å². The fourth-order valence-electron chi connectivity index (χ4n) is 2.54. The zero-order valence-corrected chi connectivity index (χ0v) is 15.3. The maximum Gasteiger partial charge on any atom is 0.270 e. The summed E-state index contributed by atoms with van der Waals surface area (Å²) in [4.78, 5) is 21.9. The van der Waals surface area contributed by atoms with Gasteiger partial charge in [-0.25, -0.2) is 4.98 Å². The van der Waals surface area contributed by atoms with Gasteiger partial charge in [-0.05, 0) is 19.8 Å². The highest BCUT2D eigenvalue weighted by Crippen LogP contribution is 2.33. The number of rotatable bonds is 6. The van der Waals surface area contributed by atoms with Crippen LogP contribution in [0.3, 0.4) is 0 Å². The normalized spacial score (nSPS) is 11.0. The first-order chi connectivity index (χ1) is 12.1. The van der Waals surface area contributed by atoms with Crippen molar-refractivity contribution in [2.24, 2.45) is 5.92 Å². The number of carbonyl (C=O) groups is 1. The Morgan fingerprint density at radius 3 is 2.60 bits per heavy atom. The quantitative estimate of drug-likeness (QED) is 0.701. The molecule has 6 nitrogen and oxygen atoms in total. The van der Waals surface area contributed by atoms with Gasteiger partial charge in [0.25, 0.3) is 5.89 Å². The van der Waals surface area contributed by atoms with Crippen LogP contribution in [0.4, 0.5) is 5.13 Å². The number of amides is 1. The highest BCUT2D eigenvalue weighted by Gasteiger charge is 2.20. The maximum absolute atomic E-state index is 12.2. The van der Waals surface area contributed by atoms with E-state index < -0.39 is 0 Å². The topological polar surface area (TPSA) is 80.9 Å². The fraction of sp³-hybridized carbons (Fsp3) is 0.333. The molecule has 0 fully saturated rings. The van der Waals surface area contributed by atoms with E-state index in [-0.39, 0.29) is 11.8 Å². The molecular formula is C18H20N4O2S. The Morgan fingerprint density at radius 1 is 1.20 bits per heavy atom. The number of hydrogen-bond donors (Lipinski definition) is 1. The van der Waals surface area contributed by atoms with E-state index in [1.165, 1.54) is 11.3 Å². The van der Waals surface area contributed by atoms with Gasteiger partial charge in [-0.1, -0.05) is 60.7 Å². The first-order valence-corrected chi connectivity index (χ1v) is 9.11. The minimum Gasteiger partial charge on any atom is -0.333 e. The Labute approximate surface area is 150 Å². The lowest BCUT2D eigenvalue weighted by Crippen LogP contribution is -2.21. The highest BCUT2D eigenvalue weighted by atomic mass is 32.1. The Morgan fingerprint density at radius 2 is 1.92 bits per heavy atom. The number of thiazole rings is 1. The molecule has 0 spiro atoms. The molecule has 2 aromatic heterocycles. The summed E-state index contributed by atoms with van der Waals surface area (Å²) in [5.41, 5.74) is 1.65. The third-order valence-corrected chi connectivity index (χ3v) is 5.10. The zero-order chi connectivity index (χ0) is 17.8. The molecule has 2 heterocycles. The Kier molecular flexibility index (Phi) is 5.23. The van der Waals surface area contributed by atoms with Gasteiger partial charge >= 0.3 is 0 Å². The van der Waals surface area contributed by atoms with Crippen LogP contribution in [0.1, 0.15) is 32.4 Å². The minimum atomic E-state index is 0.000689. The maximum atomic E-state index is 12.2. The van der Waals surface area contributed by atoms with E-state index in [2.05, 4.69) is 20.4 Å². The molecule has 3 rings (SSSR count). The van der Waals surface area contributed by atoms with Crippen LogP contribution in [-0.4, -0.2) is 21.0 Å². The molecule has 0 atom stereocenters. The number of aromatic nitrogens is 3. The van der Waals surface area contributed by atoms with Crippen molar-refractivity contribution in [2.45, 2.75) is 33.6 Å². The van der Waals surface area contributed by atoms with E-state index in [0.29, 0.717) is 16.8 Å². The fourth-order valence-corrected chi connectivity index (χ4v) is 3.43. The van der Waals surface area contributed by atoms with E-state index in [0.717, 1.165) is 29.0 Å². The Hall–Kier alpha value is -2.54. The second kappa shape index (κ2) is 7.57. The van der Waals surface area contributed by atoms with E-state index in [1.54, 1.807) is 0 Å². The van der Waals surface area contributed by atoms with Crippen molar-refractivity contribution in [3.8, 4) is 22.2 Å². The molecule has 0 bridgehead atoms. The van der Waals surface area contributed by atoms with E-state index in [4.69, 9.17) is 4.52 Å². The second-order valence-corrected chi connectivity index (χ2v) is 6.72. The molecule has 1 N–H and O–H groups in total. The summed E-state index contributed by atoms with van der Waals surface area (Å²) >= 11 is 1.35. The van der Waals surface area contributed by atoms with Crippen LogP contribution in [0.15, 0.2) is 34.9 Å². The molecule has 0 unspecified atom stereocenters. The van der Waals surface area contributed by atoms with E-state index >= 15 is 0 Å². The SMILES string of the molecule is CCC(CC)C(=O)Nc1nc(C)c(-c2nc(-c3ccccc3)no2)s1. The number of hydrogen-bond acceptors (Lipinski definition) is 6. The lowest BCUT2D eigenvalue weighted by atomic mass is 10.0. The van der Waals surface area contributed by atoms with Crippen LogP contribution in [0.2, 0.25) is 0 Å². The smallest absolute Gasteiger partial charge is 0.270 e. The molecular weight excluding hydrogens is 336 g/mol. The van der Waals surface area contributed by atoms with Crippen LogP contribution in [0.5, 0.6) is 0 Å². The first kappa shape index (κ1) is 17.3. The van der Waals surface area contributed by atoms with Crippen molar-refractivity contribution in [2.75, 3.05) is 5.32 Å². The van der Waals surface area contributed by atoms with E-state index in [9.17, 15) is 4.79 Å². The summed E-state index contributed by atoms with van der Waals surface area (Å²) < 4.78 is 5.39. The molecule has 1 amide bonds. The van der Waals surface area contributed by atoms with Gasteiger partial charge in [0.15, 0.2) is 5.13 Å². The predicted octanol–water partition coefficient (Wildman–Crippen LogP) is 4.54. The van der Waals surface area contributed by atoms with Crippen LogP contribution in [0.25, 0.3) is 22.2 Å². The van der Waals surface area contributed by atoms with Crippen LogP contribution >= 0.6 is 11.3 Å². The molecule has 0 saturated heterocycles. The lowest BCUT2D eigenvalue weighted by molar-refractivity contribution is -0.120. The van der Waals surface area contributed by atoms with Crippen molar-refractivity contribution in [3.05, 3.63) is 36.0 Å². The third kappa shape index (κ3) is 3.76. The zero-order valence-electron chi connectivity index (χ0n) is 14.4. The van der Waals surface area contributed by atoms with Gasteiger partial charge in [0.05, 0.1) is 5.69 Å². The molecule has 3 aromatic rings. The van der Waals surface area contributed by atoms with Gasteiger partial charge in [0.2, 0.25) is 11.7 Å². The standard InChI is InChI=1S/C18H20N4O2S/c1-4-12(5-2)16(23)21-18-19-11(3)14(25-18)17-20-15(22-24-17)13-9-7-6-8-10-13/h6-10,12H,4-5H2,1-3H3,(H,19,21,23). The summed E-state index contributed by atoms with van der Waals surface area (Å²) in [5.74, 6) is 0.949. The molecule has 0 aliphatic carbocycles. The van der Waals surface area contributed by atoms with Crippen molar-refractivity contribution in [1.29, 1.82) is 0 Å². The lowest BCUT2D eigenvalue weighted by Gasteiger charge is -2.10. The molecule has 0 aliphatic rings. The average Bonchev–Trinajstić information content (AvgIpc) is 3.23. The summed E-state index contributed by atoms with van der Waals surface area (Å²) in [6, 6.07) is 9.64. The summed E-state index contributed by atoms with van der Waals surface area (Å²) in [6.45, 7) is 5.89. The van der Waals surface area contributed by atoms with Gasteiger partial charge in [-0.15, -0.1) is 0 Å². The van der Waals surface area contributed by atoms with Crippen LogP contribution in [-0.2, 0) is 4.79 Å². The number of anilines is 1. The number of nitrogens with one attached hydrogen (secondary N) is 1. The second-order valence-electron chi connectivity index (χ2n) is 5.73. The highest BCUT2D eigenvalue weighted by molar-refractivity contribution is 7.19. The van der Waals surface area contributed by atoms with Crippen molar-refractivity contribution in [1.82, 2.24) is 15.1 Å². The van der Waals surface area contributed by atoms with Crippen LogP contribution < -0.4 is 5.32 Å². The summed E-state index contributed by atoms with van der Waals surface area (Å²) in [7, 11) is 0. The van der Waals surface area contributed by atoms with Gasteiger partial charge in [0, 0.05) is 11.5 Å². The molecule has 0 aliphatic heterocycles. The van der Waals surface area contributed by atoms with Gasteiger partial charge in [-0.2, -0.15) is 4.98 Å². The number of aryl methyl sites for hydroxylation is 1. The third-order valence-electron chi connectivity index (χ3n) is 4.04. The van der Waals surface area contributed by atoms with Crippen molar-refractivity contribution >= 4 is 22.4 Å². The first-order valence-electron chi connectivity index (χ1n) is 8.30. The molecule has 0 saturated carbocycles.